The van der Waals surface area contributed by atoms with E-state index in [1.165, 1.54) is 12.3 Å². The number of carbonyl (C=O) groups excluding carboxylic acids is 1. The number of hydrogen-bond acceptors (Lipinski definition) is 4. The van der Waals surface area contributed by atoms with Crippen LogP contribution in [0.15, 0.2) is 75.9 Å². The van der Waals surface area contributed by atoms with Crippen molar-refractivity contribution in [2.24, 2.45) is 0 Å². The summed E-state index contributed by atoms with van der Waals surface area (Å²) in [5.41, 5.74) is 1.40. The fraction of sp³-hybridized carbons (Fsp3) is 0.136. The van der Waals surface area contributed by atoms with E-state index < -0.39 is 0 Å². The van der Waals surface area contributed by atoms with Crippen molar-refractivity contribution < 1.29 is 13.6 Å². The van der Waals surface area contributed by atoms with Gasteiger partial charge in [-0.1, -0.05) is 46.3 Å². The minimum atomic E-state index is -0.378. The molecular weight excluding hydrogens is 451 g/mol. The number of aromatic nitrogens is 3. The summed E-state index contributed by atoms with van der Waals surface area (Å²) in [7, 11) is 0. The summed E-state index contributed by atoms with van der Waals surface area (Å²) in [4.78, 5) is 16.5. The molecule has 4 aromatic rings. The molecule has 1 N–H and O–H groups in total. The number of anilines is 1. The molecule has 4 rings (SSSR count). The van der Waals surface area contributed by atoms with Crippen LogP contribution in [0.5, 0.6) is 0 Å². The highest BCUT2D eigenvalue weighted by atomic mass is 79.9. The van der Waals surface area contributed by atoms with E-state index in [4.69, 9.17) is 4.42 Å². The fourth-order valence-corrected chi connectivity index (χ4v) is 3.40. The van der Waals surface area contributed by atoms with E-state index in [-0.39, 0.29) is 18.1 Å². The molecule has 0 saturated carbocycles. The molecule has 0 bridgehead atoms. The van der Waals surface area contributed by atoms with E-state index in [1.54, 1.807) is 35.1 Å². The molecule has 2 aromatic heterocycles. The molecule has 30 heavy (non-hydrogen) atoms. The van der Waals surface area contributed by atoms with Crippen LogP contribution in [0.4, 0.5) is 10.2 Å². The number of aryl methyl sites for hydroxylation is 1. The Morgan fingerprint density at radius 2 is 1.93 bits per heavy atom. The molecule has 2 heterocycles. The first-order valence-electron chi connectivity index (χ1n) is 9.35. The second-order valence-electron chi connectivity index (χ2n) is 6.61. The number of hydrogen-bond donors (Lipinski definition) is 1. The van der Waals surface area contributed by atoms with E-state index in [2.05, 4.69) is 31.3 Å². The van der Waals surface area contributed by atoms with Gasteiger partial charge < -0.3 is 9.73 Å². The smallest absolute Gasteiger partial charge is 0.226 e. The van der Waals surface area contributed by atoms with Crippen molar-refractivity contribution in [2.45, 2.75) is 19.4 Å². The zero-order valence-electron chi connectivity index (χ0n) is 15.9. The Kier molecular flexibility index (Phi) is 6.04. The van der Waals surface area contributed by atoms with Crippen LogP contribution >= 0.6 is 15.9 Å². The van der Waals surface area contributed by atoms with Crippen molar-refractivity contribution in [3.63, 3.8) is 0 Å². The topological polar surface area (TPSA) is 73.0 Å². The van der Waals surface area contributed by atoms with Crippen LogP contribution in [0.1, 0.15) is 17.9 Å². The average molecular weight is 469 g/mol. The van der Waals surface area contributed by atoms with Gasteiger partial charge in [0.1, 0.15) is 11.6 Å². The molecular formula is C22H18BrFN4O2. The van der Waals surface area contributed by atoms with E-state index >= 15 is 0 Å². The highest BCUT2D eigenvalue weighted by molar-refractivity contribution is 9.10. The highest BCUT2D eigenvalue weighted by Crippen LogP contribution is 2.24. The maximum atomic E-state index is 13.9. The molecule has 0 fully saturated rings. The van der Waals surface area contributed by atoms with Crippen molar-refractivity contribution >= 4 is 27.7 Å². The van der Waals surface area contributed by atoms with Crippen LogP contribution in [0.2, 0.25) is 0 Å². The lowest BCUT2D eigenvalue weighted by molar-refractivity contribution is -0.116. The zero-order valence-corrected chi connectivity index (χ0v) is 17.5. The van der Waals surface area contributed by atoms with Crippen LogP contribution < -0.4 is 5.32 Å². The van der Waals surface area contributed by atoms with Crippen LogP contribution in [0, 0.1) is 5.82 Å². The van der Waals surface area contributed by atoms with Gasteiger partial charge in [-0.25, -0.2) is 14.1 Å². The molecule has 152 valence electrons. The molecule has 6 nitrogen and oxygen atoms in total. The Morgan fingerprint density at radius 1 is 1.13 bits per heavy atom. The SMILES string of the molecule is O=C(CCc1ncc(-c2ccccc2F)o1)Nc1ccnn1Cc1ccccc1Br. The third kappa shape index (κ3) is 4.65. The first kappa shape index (κ1) is 20.0. The van der Waals surface area contributed by atoms with E-state index in [0.29, 0.717) is 36.0 Å². The average Bonchev–Trinajstić information content (AvgIpc) is 3.38. The lowest BCUT2D eigenvalue weighted by atomic mass is 10.2. The van der Waals surface area contributed by atoms with Crippen molar-refractivity contribution in [3.05, 3.63) is 88.7 Å². The van der Waals surface area contributed by atoms with Gasteiger partial charge in [0.15, 0.2) is 11.7 Å². The summed E-state index contributed by atoms with van der Waals surface area (Å²) in [6.45, 7) is 0.524. The lowest BCUT2D eigenvalue weighted by Gasteiger charge is -2.10. The Hall–Kier alpha value is -3.26. The van der Waals surface area contributed by atoms with Gasteiger partial charge in [-0.3, -0.25) is 4.79 Å². The quantitative estimate of drug-likeness (QED) is 0.411. The predicted octanol–water partition coefficient (Wildman–Crippen LogP) is 5.06. The number of nitrogens with zero attached hydrogens (tertiary/aromatic N) is 3. The second kappa shape index (κ2) is 9.04. The van der Waals surface area contributed by atoms with Gasteiger partial charge in [-0.2, -0.15) is 5.10 Å². The largest absolute Gasteiger partial charge is 0.441 e. The maximum absolute atomic E-state index is 13.9. The first-order valence-corrected chi connectivity index (χ1v) is 10.1. The van der Waals surface area contributed by atoms with Crippen LogP contribution in [-0.4, -0.2) is 20.7 Å². The Morgan fingerprint density at radius 3 is 2.77 bits per heavy atom. The Labute approximate surface area is 180 Å². The number of amides is 1. The molecule has 1 amide bonds. The monoisotopic (exact) mass is 468 g/mol. The molecule has 0 atom stereocenters. The minimum absolute atomic E-state index is 0.178. The van der Waals surface area contributed by atoms with Crippen molar-refractivity contribution in [2.75, 3.05) is 5.32 Å². The minimum Gasteiger partial charge on any atom is -0.441 e. The number of nitrogens with one attached hydrogen (secondary N) is 1. The molecule has 2 aromatic carbocycles. The van der Waals surface area contributed by atoms with Gasteiger partial charge in [0.2, 0.25) is 5.91 Å². The number of rotatable bonds is 7. The first-order chi connectivity index (χ1) is 14.6. The molecule has 8 heteroatoms. The van der Waals surface area contributed by atoms with Crippen LogP contribution in [0.25, 0.3) is 11.3 Å². The number of carbonyl (C=O) groups is 1. The summed E-state index contributed by atoms with van der Waals surface area (Å²) in [6, 6.07) is 15.9. The summed E-state index contributed by atoms with van der Waals surface area (Å²) in [6.07, 6.45) is 3.59. The molecule has 0 saturated heterocycles. The summed E-state index contributed by atoms with van der Waals surface area (Å²) in [5, 5.41) is 7.15. The molecule has 0 aliphatic carbocycles. The molecule has 0 unspecified atom stereocenters. The van der Waals surface area contributed by atoms with Crippen molar-refractivity contribution in [1.29, 1.82) is 0 Å². The molecule has 0 aliphatic heterocycles. The van der Waals surface area contributed by atoms with Gasteiger partial charge in [-0.15, -0.1) is 0 Å². The van der Waals surface area contributed by atoms with Crippen molar-refractivity contribution in [3.8, 4) is 11.3 Å². The van der Waals surface area contributed by atoms with E-state index in [0.717, 1.165) is 10.0 Å². The zero-order chi connectivity index (χ0) is 20.9. The third-order valence-corrected chi connectivity index (χ3v) is 5.29. The number of halogens is 2. The third-order valence-electron chi connectivity index (χ3n) is 4.52. The van der Waals surface area contributed by atoms with E-state index in [1.807, 2.05) is 24.3 Å². The van der Waals surface area contributed by atoms with Gasteiger partial charge in [0.05, 0.1) is 24.5 Å². The summed E-state index contributed by atoms with van der Waals surface area (Å²) >= 11 is 3.52. The summed E-state index contributed by atoms with van der Waals surface area (Å²) in [5.74, 6) is 0.765. The standard InChI is InChI=1S/C22H18BrFN4O2/c23-17-7-3-1-5-15(17)14-28-20(11-12-26-28)27-21(29)9-10-22-25-13-19(30-22)16-6-2-4-8-18(16)24/h1-8,11-13H,9-10,14H2,(H,27,29). The van der Waals surface area contributed by atoms with Gasteiger partial charge in [0.25, 0.3) is 0 Å². The highest BCUT2D eigenvalue weighted by Gasteiger charge is 2.13. The van der Waals surface area contributed by atoms with Gasteiger partial charge in [0, 0.05) is 23.4 Å². The Bertz CT molecular complexity index is 1170. The van der Waals surface area contributed by atoms with Gasteiger partial charge >= 0.3 is 0 Å². The Balaban J connectivity index is 1.36. The van der Waals surface area contributed by atoms with Gasteiger partial charge in [-0.05, 0) is 23.8 Å². The van der Waals surface area contributed by atoms with Crippen LogP contribution in [0.3, 0.4) is 0 Å². The number of oxazole rings is 1. The predicted molar refractivity (Wildman–Crippen MR) is 114 cm³/mol. The maximum Gasteiger partial charge on any atom is 0.226 e. The van der Waals surface area contributed by atoms with Crippen molar-refractivity contribution in [1.82, 2.24) is 14.8 Å². The number of benzene rings is 2. The molecule has 0 aliphatic rings. The molecule has 0 radical (unpaired) electrons. The molecule has 0 spiro atoms. The van der Waals surface area contributed by atoms with E-state index in [9.17, 15) is 9.18 Å². The summed E-state index contributed by atoms with van der Waals surface area (Å²) < 4.78 is 22.2. The lowest BCUT2D eigenvalue weighted by Crippen LogP contribution is -2.16. The normalized spacial score (nSPS) is 10.9. The second-order valence-corrected chi connectivity index (χ2v) is 7.47. The van der Waals surface area contributed by atoms with Crippen LogP contribution in [-0.2, 0) is 17.8 Å². The fourth-order valence-electron chi connectivity index (χ4n) is 2.99.